The van der Waals surface area contributed by atoms with Crippen molar-refractivity contribution >= 4 is 0 Å². The third-order valence-corrected chi connectivity index (χ3v) is 2.05. The van der Waals surface area contributed by atoms with Gasteiger partial charge in [-0.05, 0) is 31.7 Å². The standard InChI is InChI=1S/C7H14FN/c8-7-3-1-2-6(4-7)5-9/h6-7H,1-5,9H2/t6-,7-/m1/s1. The second kappa shape index (κ2) is 3.16. The highest BCUT2D eigenvalue weighted by atomic mass is 19.1. The Morgan fingerprint density at radius 3 is 2.67 bits per heavy atom. The van der Waals surface area contributed by atoms with Crippen molar-refractivity contribution in [1.82, 2.24) is 0 Å². The van der Waals surface area contributed by atoms with E-state index in [1.54, 1.807) is 0 Å². The van der Waals surface area contributed by atoms with Crippen LogP contribution in [0.15, 0.2) is 0 Å². The van der Waals surface area contributed by atoms with Crippen LogP contribution in [0, 0.1) is 5.92 Å². The van der Waals surface area contributed by atoms with E-state index in [-0.39, 0.29) is 0 Å². The number of nitrogens with two attached hydrogens (primary N) is 1. The molecule has 2 atom stereocenters. The van der Waals surface area contributed by atoms with Crippen LogP contribution in [0.4, 0.5) is 4.39 Å². The first-order chi connectivity index (χ1) is 4.33. The Morgan fingerprint density at radius 1 is 1.44 bits per heavy atom. The van der Waals surface area contributed by atoms with Crippen LogP contribution in [0.2, 0.25) is 0 Å². The van der Waals surface area contributed by atoms with Crippen LogP contribution in [-0.4, -0.2) is 12.7 Å². The molecule has 1 aliphatic carbocycles. The highest BCUT2D eigenvalue weighted by molar-refractivity contribution is 4.72. The minimum atomic E-state index is -0.563. The molecule has 0 aromatic carbocycles. The van der Waals surface area contributed by atoms with E-state index in [0.717, 1.165) is 19.3 Å². The molecule has 0 bridgehead atoms. The van der Waals surface area contributed by atoms with Crippen LogP contribution < -0.4 is 5.73 Å². The fraction of sp³-hybridized carbons (Fsp3) is 1.00. The maximum Gasteiger partial charge on any atom is 0.100 e. The van der Waals surface area contributed by atoms with Gasteiger partial charge in [-0.2, -0.15) is 0 Å². The molecule has 0 spiro atoms. The van der Waals surface area contributed by atoms with E-state index >= 15 is 0 Å². The fourth-order valence-electron chi connectivity index (χ4n) is 1.44. The third kappa shape index (κ3) is 1.94. The number of alkyl halides is 1. The lowest BCUT2D eigenvalue weighted by Crippen LogP contribution is -2.22. The highest BCUT2D eigenvalue weighted by Gasteiger charge is 2.19. The maximum absolute atomic E-state index is 12.6. The summed E-state index contributed by atoms with van der Waals surface area (Å²) in [7, 11) is 0. The lowest BCUT2D eigenvalue weighted by molar-refractivity contribution is 0.202. The fourth-order valence-corrected chi connectivity index (χ4v) is 1.44. The second-order valence-electron chi connectivity index (χ2n) is 2.87. The van der Waals surface area contributed by atoms with Gasteiger partial charge in [-0.15, -0.1) is 0 Å². The molecule has 1 fully saturated rings. The number of halogens is 1. The van der Waals surface area contributed by atoms with Crippen LogP contribution in [0.25, 0.3) is 0 Å². The zero-order chi connectivity index (χ0) is 6.69. The Bertz CT molecular complexity index is 85.0. The van der Waals surface area contributed by atoms with E-state index in [9.17, 15) is 4.39 Å². The van der Waals surface area contributed by atoms with Gasteiger partial charge in [0.2, 0.25) is 0 Å². The first kappa shape index (κ1) is 7.00. The lowest BCUT2D eigenvalue weighted by Gasteiger charge is -2.22. The molecule has 0 amide bonds. The van der Waals surface area contributed by atoms with Crippen LogP contribution in [-0.2, 0) is 0 Å². The molecule has 2 heteroatoms. The Balaban J connectivity index is 2.23. The van der Waals surface area contributed by atoms with Gasteiger partial charge in [0.15, 0.2) is 0 Å². The summed E-state index contributed by atoms with van der Waals surface area (Å²) in [6.07, 6.45) is 3.07. The van der Waals surface area contributed by atoms with Crippen molar-refractivity contribution in [2.45, 2.75) is 31.9 Å². The quantitative estimate of drug-likeness (QED) is 0.573. The predicted molar refractivity (Wildman–Crippen MR) is 35.9 cm³/mol. The average molecular weight is 131 g/mol. The topological polar surface area (TPSA) is 26.0 Å². The first-order valence-electron chi connectivity index (χ1n) is 3.67. The molecular formula is C7H14FN. The number of rotatable bonds is 1. The third-order valence-electron chi connectivity index (χ3n) is 2.05. The maximum atomic E-state index is 12.6. The van der Waals surface area contributed by atoms with Crippen molar-refractivity contribution in [2.24, 2.45) is 11.7 Å². The minimum Gasteiger partial charge on any atom is -0.330 e. The number of hydrogen-bond donors (Lipinski definition) is 1. The minimum absolute atomic E-state index is 0.466. The summed E-state index contributed by atoms with van der Waals surface area (Å²) in [6.45, 7) is 0.667. The van der Waals surface area contributed by atoms with E-state index in [2.05, 4.69) is 0 Å². The van der Waals surface area contributed by atoms with Gasteiger partial charge in [0, 0.05) is 0 Å². The smallest absolute Gasteiger partial charge is 0.100 e. The highest BCUT2D eigenvalue weighted by Crippen LogP contribution is 2.24. The summed E-state index contributed by atoms with van der Waals surface area (Å²) >= 11 is 0. The normalized spacial score (nSPS) is 36.7. The van der Waals surface area contributed by atoms with Crippen molar-refractivity contribution in [3.8, 4) is 0 Å². The molecule has 0 aliphatic heterocycles. The van der Waals surface area contributed by atoms with Gasteiger partial charge in [-0.3, -0.25) is 0 Å². The molecule has 0 aromatic heterocycles. The zero-order valence-corrected chi connectivity index (χ0v) is 5.65. The Hall–Kier alpha value is -0.110. The van der Waals surface area contributed by atoms with Gasteiger partial charge in [0.05, 0.1) is 0 Å². The zero-order valence-electron chi connectivity index (χ0n) is 5.65. The van der Waals surface area contributed by atoms with E-state index in [1.165, 1.54) is 0 Å². The number of hydrogen-bond acceptors (Lipinski definition) is 1. The van der Waals surface area contributed by atoms with Crippen LogP contribution in [0.5, 0.6) is 0 Å². The second-order valence-corrected chi connectivity index (χ2v) is 2.87. The molecular weight excluding hydrogens is 117 g/mol. The van der Waals surface area contributed by atoms with Crippen molar-refractivity contribution in [1.29, 1.82) is 0 Å². The summed E-state index contributed by atoms with van der Waals surface area (Å²) in [4.78, 5) is 0. The molecule has 0 saturated heterocycles. The molecule has 54 valence electrons. The molecule has 1 nitrogen and oxygen atoms in total. The van der Waals surface area contributed by atoms with E-state index in [1.807, 2.05) is 0 Å². The van der Waals surface area contributed by atoms with Crippen molar-refractivity contribution in [3.05, 3.63) is 0 Å². The molecule has 1 aliphatic rings. The Kier molecular flexibility index (Phi) is 2.46. The molecule has 2 N–H and O–H groups in total. The molecule has 0 radical (unpaired) electrons. The van der Waals surface area contributed by atoms with Gasteiger partial charge in [-0.25, -0.2) is 4.39 Å². The van der Waals surface area contributed by atoms with Crippen LogP contribution in [0.3, 0.4) is 0 Å². The predicted octanol–water partition coefficient (Wildman–Crippen LogP) is 1.47. The Morgan fingerprint density at radius 2 is 2.22 bits per heavy atom. The molecule has 0 aromatic rings. The average Bonchev–Trinajstić information content (AvgIpc) is 1.88. The van der Waals surface area contributed by atoms with Gasteiger partial charge >= 0.3 is 0 Å². The molecule has 9 heavy (non-hydrogen) atoms. The van der Waals surface area contributed by atoms with E-state index in [0.29, 0.717) is 18.9 Å². The summed E-state index contributed by atoms with van der Waals surface area (Å²) in [5, 5.41) is 0. The van der Waals surface area contributed by atoms with Crippen LogP contribution >= 0.6 is 0 Å². The van der Waals surface area contributed by atoms with Crippen molar-refractivity contribution in [2.75, 3.05) is 6.54 Å². The first-order valence-corrected chi connectivity index (χ1v) is 3.67. The van der Waals surface area contributed by atoms with Gasteiger partial charge in [0.25, 0.3) is 0 Å². The van der Waals surface area contributed by atoms with Gasteiger partial charge in [0.1, 0.15) is 6.17 Å². The molecule has 1 saturated carbocycles. The summed E-state index contributed by atoms with van der Waals surface area (Å²) in [5.41, 5.74) is 5.40. The van der Waals surface area contributed by atoms with Crippen molar-refractivity contribution < 1.29 is 4.39 Å². The van der Waals surface area contributed by atoms with Crippen molar-refractivity contribution in [3.63, 3.8) is 0 Å². The molecule has 1 rings (SSSR count). The lowest BCUT2D eigenvalue weighted by atomic mass is 9.88. The van der Waals surface area contributed by atoms with E-state index < -0.39 is 6.17 Å². The van der Waals surface area contributed by atoms with Gasteiger partial charge in [-0.1, -0.05) is 6.42 Å². The monoisotopic (exact) mass is 131 g/mol. The SMILES string of the molecule is NC[C@@H]1CCC[C@@H](F)C1. The Labute approximate surface area is 55.4 Å². The largest absolute Gasteiger partial charge is 0.330 e. The summed E-state index contributed by atoms with van der Waals surface area (Å²) < 4.78 is 12.6. The van der Waals surface area contributed by atoms with Crippen LogP contribution in [0.1, 0.15) is 25.7 Å². The van der Waals surface area contributed by atoms with Gasteiger partial charge < -0.3 is 5.73 Å². The summed E-state index contributed by atoms with van der Waals surface area (Å²) in [6, 6.07) is 0. The molecule has 0 unspecified atom stereocenters. The van der Waals surface area contributed by atoms with E-state index in [4.69, 9.17) is 5.73 Å². The molecule has 0 heterocycles. The summed E-state index contributed by atoms with van der Waals surface area (Å²) in [5.74, 6) is 0.466.